The third-order valence-corrected chi connectivity index (χ3v) is 5.46. The van der Waals surface area contributed by atoms with Crippen LogP contribution in [0.25, 0.3) is 33.0 Å². The van der Waals surface area contributed by atoms with Crippen LogP contribution in [0.4, 0.5) is 0 Å². The Balaban J connectivity index is 1.95. The van der Waals surface area contributed by atoms with Crippen LogP contribution >= 0.6 is 0 Å². The predicted molar refractivity (Wildman–Crippen MR) is 107 cm³/mol. The molecule has 0 saturated carbocycles. The summed E-state index contributed by atoms with van der Waals surface area (Å²) in [6.07, 6.45) is 1.57. The normalized spacial score (nSPS) is 14.8. The maximum absolute atomic E-state index is 11.4. The van der Waals surface area contributed by atoms with Gasteiger partial charge in [-0.1, -0.05) is 78.9 Å². The molecule has 1 heteroatoms. The number of carbonyl (C=O) groups is 1. The molecule has 4 aromatic rings. The Morgan fingerprint density at radius 2 is 1.46 bits per heavy atom. The third-order valence-electron chi connectivity index (χ3n) is 5.46. The minimum atomic E-state index is 0.144. The average Bonchev–Trinajstić information content (AvgIpc) is 3.01. The van der Waals surface area contributed by atoms with Crippen molar-refractivity contribution < 1.29 is 4.79 Å². The van der Waals surface area contributed by atoms with Crippen molar-refractivity contribution in [1.82, 2.24) is 0 Å². The van der Waals surface area contributed by atoms with Crippen LogP contribution in [0, 0.1) is 0 Å². The Morgan fingerprint density at radius 1 is 0.731 bits per heavy atom. The number of aldehydes is 1. The zero-order valence-electron chi connectivity index (χ0n) is 14.4. The fourth-order valence-electron chi connectivity index (χ4n) is 4.39. The second-order valence-corrected chi connectivity index (χ2v) is 6.85. The molecule has 124 valence electrons. The van der Waals surface area contributed by atoms with E-state index in [4.69, 9.17) is 0 Å². The first-order valence-electron chi connectivity index (χ1n) is 9.02. The second-order valence-electron chi connectivity index (χ2n) is 6.85. The van der Waals surface area contributed by atoms with E-state index in [0.717, 1.165) is 6.29 Å². The van der Waals surface area contributed by atoms with Gasteiger partial charge < -0.3 is 4.79 Å². The number of benzene rings is 4. The molecule has 1 aliphatic rings. The highest BCUT2D eigenvalue weighted by Crippen LogP contribution is 2.52. The molecule has 1 atom stereocenters. The highest BCUT2D eigenvalue weighted by molar-refractivity contribution is 6.07. The van der Waals surface area contributed by atoms with Crippen molar-refractivity contribution in [2.75, 3.05) is 0 Å². The van der Waals surface area contributed by atoms with Gasteiger partial charge in [-0.05, 0) is 50.2 Å². The SMILES string of the molecule is O=CCC1c2ccccc2-c2c1cc1ccccc1c2-c1ccccc1. The molecular weight excluding hydrogens is 316 g/mol. The van der Waals surface area contributed by atoms with Gasteiger partial charge in [0, 0.05) is 12.3 Å². The van der Waals surface area contributed by atoms with E-state index >= 15 is 0 Å². The number of rotatable bonds is 3. The average molecular weight is 334 g/mol. The maximum atomic E-state index is 11.4. The first-order valence-corrected chi connectivity index (χ1v) is 9.02. The molecule has 0 radical (unpaired) electrons. The monoisotopic (exact) mass is 334 g/mol. The standard InChI is InChI=1S/C25H18O/c26-15-14-21-20-12-6-7-13-22(20)25-23(21)16-18-10-4-5-11-19(18)24(25)17-8-2-1-3-9-17/h1-13,15-16,21H,14H2. The molecule has 5 rings (SSSR count). The van der Waals surface area contributed by atoms with Gasteiger partial charge in [0.1, 0.15) is 6.29 Å². The van der Waals surface area contributed by atoms with Crippen LogP contribution in [0.5, 0.6) is 0 Å². The zero-order valence-corrected chi connectivity index (χ0v) is 14.4. The maximum Gasteiger partial charge on any atom is 0.120 e. The lowest BCUT2D eigenvalue weighted by Gasteiger charge is -2.16. The lowest BCUT2D eigenvalue weighted by atomic mass is 9.87. The topological polar surface area (TPSA) is 17.1 Å². The first-order chi connectivity index (χ1) is 12.9. The largest absolute Gasteiger partial charge is 0.303 e. The Bertz CT molecular complexity index is 1130. The van der Waals surface area contributed by atoms with Gasteiger partial charge in [0.2, 0.25) is 0 Å². The summed E-state index contributed by atoms with van der Waals surface area (Å²) in [5.74, 6) is 0.144. The van der Waals surface area contributed by atoms with Gasteiger partial charge in [0.15, 0.2) is 0 Å². The van der Waals surface area contributed by atoms with E-state index in [1.807, 2.05) is 0 Å². The molecule has 1 nitrogen and oxygen atoms in total. The van der Waals surface area contributed by atoms with E-state index in [1.54, 1.807) is 0 Å². The van der Waals surface area contributed by atoms with Crippen LogP contribution in [-0.4, -0.2) is 6.29 Å². The van der Waals surface area contributed by atoms with Gasteiger partial charge in [-0.15, -0.1) is 0 Å². The van der Waals surface area contributed by atoms with Gasteiger partial charge in [-0.25, -0.2) is 0 Å². The highest BCUT2D eigenvalue weighted by Gasteiger charge is 2.31. The van der Waals surface area contributed by atoms with Crippen LogP contribution in [0.1, 0.15) is 23.5 Å². The quantitative estimate of drug-likeness (QED) is 0.407. The first kappa shape index (κ1) is 15.1. The second kappa shape index (κ2) is 5.96. The number of hydrogen-bond acceptors (Lipinski definition) is 1. The molecule has 0 fully saturated rings. The molecule has 0 N–H and O–H groups in total. The molecule has 0 bridgehead atoms. The summed E-state index contributed by atoms with van der Waals surface area (Å²) in [5.41, 5.74) is 7.59. The molecule has 0 aliphatic heterocycles. The Hall–Kier alpha value is -3.19. The highest BCUT2D eigenvalue weighted by atomic mass is 16.1. The summed E-state index contributed by atoms with van der Waals surface area (Å²) in [5, 5.41) is 2.49. The summed E-state index contributed by atoms with van der Waals surface area (Å²) >= 11 is 0. The van der Waals surface area contributed by atoms with Gasteiger partial charge in [-0.2, -0.15) is 0 Å². The molecule has 26 heavy (non-hydrogen) atoms. The van der Waals surface area contributed by atoms with Crippen molar-refractivity contribution in [2.24, 2.45) is 0 Å². The lowest BCUT2D eigenvalue weighted by molar-refractivity contribution is -0.108. The smallest absolute Gasteiger partial charge is 0.120 e. The summed E-state index contributed by atoms with van der Waals surface area (Å²) < 4.78 is 0. The molecule has 4 aromatic carbocycles. The van der Waals surface area contributed by atoms with E-state index in [0.29, 0.717) is 6.42 Å². The van der Waals surface area contributed by atoms with Crippen LogP contribution in [-0.2, 0) is 4.79 Å². The fourth-order valence-corrected chi connectivity index (χ4v) is 4.39. The van der Waals surface area contributed by atoms with Crippen LogP contribution in [0.2, 0.25) is 0 Å². The molecule has 0 saturated heterocycles. The molecule has 0 aromatic heterocycles. The number of hydrogen-bond donors (Lipinski definition) is 0. The van der Waals surface area contributed by atoms with Crippen molar-refractivity contribution in [3.63, 3.8) is 0 Å². The molecule has 0 spiro atoms. The Labute approximate surface area is 152 Å². The van der Waals surface area contributed by atoms with E-state index in [-0.39, 0.29) is 5.92 Å². The van der Waals surface area contributed by atoms with Gasteiger partial charge in [-0.3, -0.25) is 0 Å². The Morgan fingerprint density at radius 3 is 2.31 bits per heavy atom. The van der Waals surface area contributed by atoms with E-state index in [1.165, 1.54) is 44.2 Å². The number of fused-ring (bicyclic) bond motifs is 4. The van der Waals surface area contributed by atoms with E-state index in [9.17, 15) is 4.79 Å². The zero-order chi connectivity index (χ0) is 17.5. The third kappa shape index (κ3) is 2.14. The lowest BCUT2D eigenvalue weighted by Crippen LogP contribution is -1.98. The van der Waals surface area contributed by atoms with Crippen molar-refractivity contribution in [2.45, 2.75) is 12.3 Å². The van der Waals surface area contributed by atoms with Crippen LogP contribution in [0.3, 0.4) is 0 Å². The van der Waals surface area contributed by atoms with Crippen molar-refractivity contribution in [3.05, 3.63) is 96.1 Å². The van der Waals surface area contributed by atoms with Crippen molar-refractivity contribution in [1.29, 1.82) is 0 Å². The van der Waals surface area contributed by atoms with E-state index < -0.39 is 0 Å². The molecule has 1 aliphatic carbocycles. The van der Waals surface area contributed by atoms with Gasteiger partial charge in [0.05, 0.1) is 0 Å². The molecular formula is C25H18O. The summed E-state index contributed by atoms with van der Waals surface area (Å²) in [6.45, 7) is 0. The van der Waals surface area contributed by atoms with Gasteiger partial charge >= 0.3 is 0 Å². The van der Waals surface area contributed by atoms with Crippen molar-refractivity contribution in [3.8, 4) is 22.3 Å². The minimum absolute atomic E-state index is 0.144. The van der Waals surface area contributed by atoms with Crippen molar-refractivity contribution >= 4 is 17.1 Å². The molecule has 0 amide bonds. The molecule has 1 unspecified atom stereocenters. The summed E-state index contributed by atoms with van der Waals surface area (Å²) in [4.78, 5) is 11.4. The summed E-state index contributed by atoms with van der Waals surface area (Å²) in [7, 11) is 0. The summed E-state index contributed by atoms with van der Waals surface area (Å²) in [6, 6.07) is 30.0. The minimum Gasteiger partial charge on any atom is -0.303 e. The van der Waals surface area contributed by atoms with Crippen LogP contribution in [0.15, 0.2) is 84.9 Å². The van der Waals surface area contributed by atoms with E-state index in [2.05, 4.69) is 84.9 Å². The predicted octanol–water partition coefficient (Wildman–Crippen LogP) is 6.21. The van der Waals surface area contributed by atoms with Gasteiger partial charge in [0.25, 0.3) is 0 Å². The fraction of sp³-hybridized carbons (Fsp3) is 0.0800. The molecule has 0 heterocycles. The van der Waals surface area contributed by atoms with Crippen LogP contribution < -0.4 is 0 Å². The number of carbonyl (C=O) groups excluding carboxylic acids is 1. The Kier molecular flexibility index (Phi) is 3.46.